The number of aliphatic hydroxyl groups excluding tert-OH is 1. The fraction of sp³-hybridized carbons (Fsp3) is 0.706. The third-order valence-electron chi connectivity index (χ3n) is 2.90. The Morgan fingerprint density at radius 1 is 1.05 bits per heavy atom. The molecular weight excluding hydrogens is 252 g/mol. The molecule has 0 aliphatic heterocycles. The zero-order valence-corrected chi connectivity index (χ0v) is 12.7. The van der Waals surface area contributed by atoms with Crippen molar-refractivity contribution in [3.05, 3.63) is 0 Å². The fourth-order valence-electron chi connectivity index (χ4n) is 1.66. The van der Waals surface area contributed by atoms with Crippen LogP contribution in [0.5, 0.6) is 0 Å². The van der Waals surface area contributed by atoms with Crippen molar-refractivity contribution >= 4 is 5.97 Å². The third-order valence-corrected chi connectivity index (χ3v) is 2.90. The number of methoxy groups -OCH3 is 1. The van der Waals surface area contributed by atoms with Crippen molar-refractivity contribution in [3.8, 4) is 23.7 Å². The molecule has 0 aliphatic rings. The maximum absolute atomic E-state index is 10.9. The molecule has 20 heavy (non-hydrogen) atoms. The summed E-state index contributed by atoms with van der Waals surface area (Å²) in [5.41, 5.74) is 0. The van der Waals surface area contributed by atoms with Crippen molar-refractivity contribution in [2.75, 3.05) is 7.11 Å². The Balaban J connectivity index is 3.50. The van der Waals surface area contributed by atoms with E-state index in [1.54, 1.807) is 0 Å². The Bertz CT molecular complexity index is 365. The van der Waals surface area contributed by atoms with Crippen LogP contribution in [-0.4, -0.2) is 24.3 Å². The lowest BCUT2D eigenvalue weighted by molar-refractivity contribution is -0.150. The molecule has 0 radical (unpaired) electrons. The molecule has 0 heterocycles. The zero-order chi connectivity index (χ0) is 15.1. The highest BCUT2D eigenvalue weighted by atomic mass is 16.5. The van der Waals surface area contributed by atoms with E-state index in [-0.39, 0.29) is 0 Å². The van der Waals surface area contributed by atoms with Gasteiger partial charge in [0.1, 0.15) is 0 Å². The molecule has 1 N–H and O–H groups in total. The smallest absolute Gasteiger partial charge is 0.334 e. The van der Waals surface area contributed by atoms with Crippen molar-refractivity contribution in [1.29, 1.82) is 0 Å². The predicted octanol–water partition coefficient (Wildman–Crippen LogP) is 3.06. The summed E-state index contributed by atoms with van der Waals surface area (Å²) in [6.45, 7) is 2.20. The Hall–Kier alpha value is -1.45. The lowest BCUT2D eigenvalue weighted by Crippen LogP contribution is -2.21. The van der Waals surface area contributed by atoms with Crippen LogP contribution in [0.3, 0.4) is 0 Å². The van der Waals surface area contributed by atoms with E-state index in [0.29, 0.717) is 6.42 Å². The lowest BCUT2D eigenvalue weighted by atomic mass is 10.1. The van der Waals surface area contributed by atoms with Gasteiger partial charge in [0.2, 0.25) is 0 Å². The van der Waals surface area contributed by atoms with E-state index in [2.05, 4.69) is 35.3 Å². The summed E-state index contributed by atoms with van der Waals surface area (Å²) in [5, 5.41) is 9.35. The molecule has 0 spiro atoms. The Labute approximate surface area is 123 Å². The molecule has 0 aliphatic carbocycles. The molecule has 3 nitrogen and oxygen atoms in total. The predicted molar refractivity (Wildman–Crippen MR) is 80.8 cm³/mol. The van der Waals surface area contributed by atoms with Crippen LogP contribution in [0.2, 0.25) is 0 Å². The first-order valence-corrected chi connectivity index (χ1v) is 7.44. The van der Waals surface area contributed by atoms with Crippen LogP contribution < -0.4 is 0 Å². The molecule has 0 saturated carbocycles. The van der Waals surface area contributed by atoms with Gasteiger partial charge in [-0.2, -0.15) is 0 Å². The summed E-state index contributed by atoms with van der Waals surface area (Å²) in [5.74, 6) is 11.2. The second kappa shape index (κ2) is 14.0. The van der Waals surface area contributed by atoms with Gasteiger partial charge in [-0.15, -0.1) is 0 Å². The van der Waals surface area contributed by atoms with Crippen LogP contribution in [0.4, 0.5) is 0 Å². The molecule has 0 amide bonds. The van der Waals surface area contributed by atoms with Gasteiger partial charge in [0, 0.05) is 12.8 Å². The van der Waals surface area contributed by atoms with Gasteiger partial charge in [0.15, 0.2) is 6.10 Å². The minimum Gasteiger partial charge on any atom is -0.467 e. The second-order valence-corrected chi connectivity index (χ2v) is 4.70. The average molecular weight is 278 g/mol. The van der Waals surface area contributed by atoms with E-state index >= 15 is 0 Å². The highest BCUT2D eigenvalue weighted by Crippen LogP contribution is 2.04. The minimum absolute atomic E-state index is 0.428. The number of carbonyl (C=O) groups is 1. The molecule has 112 valence electrons. The molecular formula is C17H26O3. The van der Waals surface area contributed by atoms with E-state index in [9.17, 15) is 9.90 Å². The first-order chi connectivity index (χ1) is 9.72. The molecule has 0 aromatic rings. The first kappa shape index (κ1) is 18.6. The van der Waals surface area contributed by atoms with Crippen molar-refractivity contribution < 1.29 is 14.6 Å². The molecule has 0 aromatic carbocycles. The monoisotopic (exact) mass is 278 g/mol. The Morgan fingerprint density at radius 2 is 1.65 bits per heavy atom. The maximum Gasteiger partial charge on any atom is 0.334 e. The van der Waals surface area contributed by atoms with E-state index < -0.39 is 12.1 Å². The number of rotatable bonds is 9. The number of ether oxygens (including phenoxy) is 1. The summed E-state index contributed by atoms with van der Waals surface area (Å²) >= 11 is 0. The number of carbonyl (C=O) groups excluding carboxylic acids is 1. The summed E-state index contributed by atoms with van der Waals surface area (Å²) in [4.78, 5) is 10.9. The fourth-order valence-corrected chi connectivity index (χ4v) is 1.66. The molecule has 0 fully saturated rings. The van der Waals surface area contributed by atoms with Gasteiger partial charge < -0.3 is 9.84 Å². The van der Waals surface area contributed by atoms with E-state index in [0.717, 1.165) is 32.1 Å². The van der Waals surface area contributed by atoms with Crippen LogP contribution in [0.25, 0.3) is 0 Å². The van der Waals surface area contributed by atoms with Crippen LogP contribution in [0.1, 0.15) is 64.7 Å². The number of hydrogen-bond acceptors (Lipinski definition) is 3. The van der Waals surface area contributed by atoms with Gasteiger partial charge in [-0.3, -0.25) is 0 Å². The van der Waals surface area contributed by atoms with Gasteiger partial charge in [0.25, 0.3) is 0 Å². The number of unbranched alkanes of at least 4 members (excludes halogenated alkanes) is 6. The molecule has 0 aromatic heterocycles. The molecule has 0 rings (SSSR count). The maximum atomic E-state index is 10.9. The number of hydrogen-bond donors (Lipinski definition) is 1. The second-order valence-electron chi connectivity index (χ2n) is 4.70. The van der Waals surface area contributed by atoms with Crippen LogP contribution in [-0.2, 0) is 9.53 Å². The van der Waals surface area contributed by atoms with Gasteiger partial charge in [0.05, 0.1) is 7.11 Å². The van der Waals surface area contributed by atoms with Crippen LogP contribution in [0.15, 0.2) is 0 Å². The zero-order valence-electron chi connectivity index (χ0n) is 12.7. The summed E-state index contributed by atoms with van der Waals surface area (Å²) in [6.07, 6.45) is 7.67. The lowest BCUT2D eigenvalue weighted by Gasteiger charge is -2.06. The highest BCUT2D eigenvalue weighted by Gasteiger charge is 2.13. The quantitative estimate of drug-likeness (QED) is 0.400. The molecule has 3 heteroatoms. The molecule has 0 saturated heterocycles. The molecule has 0 bridgehead atoms. The minimum atomic E-state index is -1.00. The summed E-state index contributed by atoms with van der Waals surface area (Å²) in [6, 6.07) is 0. The van der Waals surface area contributed by atoms with Gasteiger partial charge >= 0.3 is 5.97 Å². The SMILES string of the molecule is CCCCCCC#CC#CCCCCC(O)C(=O)OC. The Morgan fingerprint density at radius 3 is 2.20 bits per heavy atom. The van der Waals surface area contributed by atoms with E-state index in [4.69, 9.17) is 0 Å². The number of aliphatic hydroxyl groups is 1. The van der Waals surface area contributed by atoms with Crippen molar-refractivity contribution in [2.45, 2.75) is 70.8 Å². The average Bonchev–Trinajstić information content (AvgIpc) is 2.47. The van der Waals surface area contributed by atoms with Gasteiger partial charge in [-0.25, -0.2) is 4.79 Å². The van der Waals surface area contributed by atoms with Crippen LogP contribution >= 0.6 is 0 Å². The highest BCUT2D eigenvalue weighted by molar-refractivity contribution is 5.74. The number of esters is 1. The van der Waals surface area contributed by atoms with E-state index in [1.165, 1.54) is 26.4 Å². The van der Waals surface area contributed by atoms with Crippen LogP contribution in [0, 0.1) is 23.7 Å². The largest absolute Gasteiger partial charge is 0.467 e. The normalized spacial score (nSPS) is 10.8. The summed E-state index contributed by atoms with van der Waals surface area (Å²) in [7, 11) is 1.28. The molecule has 1 unspecified atom stereocenters. The third kappa shape index (κ3) is 11.6. The standard InChI is InChI=1S/C17H26O3/c1-3-4-5-6-7-8-9-10-11-12-13-14-15-16(18)17(19)20-2/h16,18H,3-7,12-15H2,1-2H3. The first-order valence-electron chi connectivity index (χ1n) is 7.44. The van der Waals surface area contributed by atoms with E-state index in [1.807, 2.05) is 0 Å². The van der Waals surface area contributed by atoms with Crippen molar-refractivity contribution in [3.63, 3.8) is 0 Å². The van der Waals surface area contributed by atoms with Crippen molar-refractivity contribution in [1.82, 2.24) is 0 Å². The Kier molecular flexibility index (Phi) is 13.0. The van der Waals surface area contributed by atoms with Gasteiger partial charge in [-0.1, -0.05) is 38.0 Å². The summed E-state index contributed by atoms with van der Waals surface area (Å²) < 4.78 is 4.43. The topological polar surface area (TPSA) is 46.5 Å². The van der Waals surface area contributed by atoms with Gasteiger partial charge in [-0.05, 0) is 37.5 Å². The molecule has 1 atom stereocenters. The van der Waals surface area contributed by atoms with Crippen molar-refractivity contribution in [2.24, 2.45) is 0 Å².